The molecule has 2 aromatic rings. The Labute approximate surface area is 130 Å². The van der Waals surface area contributed by atoms with Crippen molar-refractivity contribution in [3.05, 3.63) is 24.0 Å². The summed E-state index contributed by atoms with van der Waals surface area (Å²) in [6, 6.07) is 6.00. The summed E-state index contributed by atoms with van der Waals surface area (Å²) in [7, 11) is 0. The van der Waals surface area contributed by atoms with Gasteiger partial charge in [-0.05, 0) is 37.8 Å². The van der Waals surface area contributed by atoms with Gasteiger partial charge in [0.05, 0.1) is 24.6 Å². The van der Waals surface area contributed by atoms with Gasteiger partial charge >= 0.3 is 0 Å². The van der Waals surface area contributed by atoms with E-state index >= 15 is 0 Å². The molecular weight excluding hydrogens is 288 g/mol. The first-order chi connectivity index (χ1) is 10.3. The first-order valence-corrected chi connectivity index (χ1v) is 8.11. The molecule has 3 rings (SSSR count). The molecule has 0 spiro atoms. The zero-order chi connectivity index (χ0) is 14.7. The normalized spacial score (nSPS) is 14.8. The van der Waals surface area contributed by atoms with Crippen molar-refractivity contribution in [2.75, 3.05) is 19.8 Å². The van der Waals surface area contributed by atoms with Crippen LogP contribution in [0, 0.1) is 5.92 Å². The molecule has 1 aliphatic rings. The SMILES string of the molecule is CCOc1cccc2c1nc(CCl)n2CCOCC1CC1. The molecule has 0 aliphatic heterocycles. The summed E-state index contributed by atoms with van der Waals surface area (Å²) in [4.78, 5) is 4.63. The number of aromatic nitrogens is 2. The van der Waals surface area contributed by atoms with Crippen molar-refractivity contribution in [2.24, 2.45) is 5.92 Å². The number of ether oxygens (including phenoxy) is 2. The Bertz CT molecular complexity index is 608. The highest BCUT2D eigenvalue weighted by Gasteiger charge is 2.21. The van der Waals surface area contributed by atoms with Gasteiger partial charge in [-0.1, -0.05) is 6.07 Å². The van der Waals surface area contributed by atoms with Crippen LogP contribution in [-0.2, 0) is 17.2 Å². The second kappa shape index (κ2) is 6.67. The van der Waals surface area contributed by atoms with Crippen molar-refractivity contribution in [2.45, 2.75) is 32.2 Å². The maximum atomic E-state index is 6.04. The summed E-state index contributed by atoms with van der Waals surface area (Å²) in [6.45, 7) is 4.97. The highest BCUT2D eigenvalue weighted by Crippen LogP contribution is 2.29. The molecule has 0 unspecified atom stereocenters. The molecule has 21 heavy (non-hydrogen) atoms. The molecule has 1 aliphatic carbocycles. The first-order valence-electron chi connectivity index (χ1n) is 7.58. The Kier molecular flexibility index (Phi) is 4.66. The van der Waals surface area contributed by atoms with E-state index < -0.39 is 0 Å². The van der Waals surface area contributed by atoms with Gasteiger partial charge in [-0.15, -0.1) is 11.6 Å². The van der Waals surface area contributed by atoms with Crippen molar-refractivity contribution in [1.29, 1.82) is 0 Å². The van der Waals surface area contributed by atoms with Crippen LogP contribution >= 0.6 is 11.6 Å². The molecule has 0 bridgehead atoms. The van der Waals surface area contributed by atoms with Gasteiger partial charge in [0.2, 0.25) is 0 Å². The van der Waals surface area contributed by atoms with Crippen molar-refractivity contribution >= 4 is 22.6 Å². The van der Waals surface area contributed by atoms with Crippen LogP contribution in [0.5, 0.6) is 5.75 Å². The molecule has 114 valence electrons. The van der Waals surface area contributed by atoms with Crippen molar-refractivity contribution < 1.29 is 9.47 Å². The van der Waals surface area contributed by atoms with Gasteiger partial charge in [0.25, 0.3) is 0 Å². The Morgan fingerprint density at radius 3 is 2.95 bits per heavy atom. The number of hydrogen-bond acceptors (Lipinski definition) is 3. The third-order valence-corrected chi connectivity index (χ3v) is 3.99. The van der Waals surface area contributed by atoms with Gasteiger partial charge in [0.15, 0.2) is 0 Å². The van der Waals surface area contributed by atoms with E-state index in [1.807, 2.05) is 19.1 Å². The summed E-state index contributed by atoms with van der Waals surface area (Å²) in [5, 5.41) is 0. The van der Waals surface area contributed by atoms with Crippen LogP contribution in [-0.4, -0.2) is 29.4 Å². The van der Waals surface area contributed by atoms with E-state index in [1.54, 1.807) is 0 Å². The molecule has 1 heterocycles. The maximum Gasteiger partial charge on any atom is 0.147 e. The van der Waals surface area contributed by atoms with E-state index in [0.717, 1.165) is 41.7 Å². The second-order valence-electron chi connectivity index (χ2n) is 5.39. The van der Waals surface area contributed by atoms with E-state index in [9.17, 15) is 0 Å². The van der Waals surface area contributed by atoms with E-state index in [2.05, 4.69) is 15.6 Å². The van der Waals surface area contributed by atoms with E-state index in [1.165, 1.54) is 12.8 Å². The van der Waals surface area contributed by atoms with Gasteiger partial charge in [-0.3, -0.25) is 0 Å². The van der Waals surface area contributed by atoms with Crippen LogP contribution < -0.4 is 4.74 Å². The Morgan fingerprint density at radius 1 is 1.38 bits per heavy atom. The number of alkyl halides is 1. The summed E-state index contributed by atoms with van der Waals surface area (Å²) in [5.74, 6) is 2.87. The van der Waals surface area contributed by atoms with Gasteiger partial charge in [0, 0.05) is 13.2 Å². The fourth-order valence-electron chi connectivity index (χ4n) is 2.48. The molecule has 4 nitrogen and oxygen atoms in total. The standard InChI is InChI=1S/C16H21ClN2O2/c1-2-21-14-5-3-4-13-16(14)18-15(10-17)19(13)8-9-20-11-12-6-7-12/h3-5,12H,2,6-11H2,1H3. The molecule has 0 radical (unpaired) electrons. The lowest BCUT2D eigenvalue weighted by molar-refractivity contribution is 0.117. The minimum atomic E-state index is 0.392. The van der Waals surface area contributed by atoms with Gasteiger partial charge in [0.1, 0.15) is 17.1 Å². The van der Waals surface area contributed by atoms with Crippen LogP contribution in [0.1, 0.15) is 25.6 Å². The third kappa shape index (κ3) is 3.33. The number of fused-ring (bicyclic) bond motifs is 1. The smallest absolute Gasteiger partial charge is 0.147 e. The number of halogens is 1. The number of nitrogens with zero attached hydrogens (tertiary/aromatic N) is 2. The molecular formula is C16H21ClN2O2. The number of rotatable bonds is 8. The number of imidazole rings is 1. The number of hydrogen-bond donors (Lipinski definition) is 0. The number of para-hydroxylation sites is 1. The summed E-state index contributed by atoms with van der Waals surface area (Å²) >= 11 is 6.04. The molecule has 0 atom stereocenters. The van der Waals surface area contributed by atoms with Crippen LogP contribution in [0.4, 0.5) is 0 Å². The lowest BCUT2D eigenvalue weighted by Crippen LogP contribution is -2.09. The summed E-state index contributed by atoms with van der Waals surface area (Å²) < 4.78 is 13.5. The molecule has 1 aromatic carbocycles. The zero-order valence-corrected chi connectivity index (χ0v) is 13.1. The van der Waals surface area contributed by atoms with Gasteiger partial charge in [-0.25, -0.2) is 4.98 Å². The fraction of sp³-hybridized carbons (Fsp3) is 0.562. The van der Waals surface area contributed by atoms with Crippen LogP contribution in [0.15, 0.2) is 18.2 Å². The zero-order valence-electron chi connectivity index (χ0n) is 12.3. The predicted molar refractivity (Wildman–Crippen MR) is 84.0 cm³/mol. The molecule has 5 heteroatoms. The average molecular weight is 309 g/mol. The highest BCUT2D eigenvalue weighted by molar-refractivity contribution is 6.16. The minimum Gasteiger partial charge on any atom is -0.492 e. The average Bonchev–Trinajstić information content (AvgIpc) is 3.25. The Hall–Kier alpha value is -1.26. The number of benzene rings is 1. The molecule has 0 saturated heterocycles. The topological polar surface area (TPSA) is 36.3 Å². The van der Waals surface area contributed by atoms with Gasteiger partial charge < -0.3 is 14.0 Å². The van der Waals surface area contributed by atoms with Crippen molar-refractivity contribution in [3.8, 4) is 5.75 Å². The molecule has 1 aromatic heterocycles. The molecule has 0 N–H and O–H groups in total. The van der Waals surface area contributed by atoms with Crippen LogP contribution in [0.25, 0.3) is 11.0 Å². The van der Waals surface area contributed by atoms with Crippen LogP contribution in [0.3, 0.4) is 0 Å². The Balaban J connectivity index is 1.79. The molecule has 1 saturated carbocycles. The Morgan fingerprint density at radius 2 is 2.24 bits per heavy atom. The van der Waals surface area contributed by atoms with Crippen molar-refractivity contribution in [1.82, 2.24) is 9.55 Å². The second-order valence-corrected chi connectivity index (χ2v) is 5.66. The van der Waals surface area contributed by atoms with E-state index in [0.29, 0.717) is 19.1 Å². The molecule has 1 fully saturated rings. The monoisotopic (exact) mass is 308 g/mol. The quantitative estimate of drug-likeness (QED) is 0.552. The summed E-state index contributed by atoms with van der Waals surface area (Å²) in [5.41, 5.74) is 1.95. The highest BCUT2D eigenvalue weighted by atomic mass is 35.5. The summed E-state index contributed by atoms with van der Waals surface area (Å²) in [6.07, 6.45) is 2.64. The lowest BCUT2D eigenvalue weighted by Gasteiger charge is -2.09. The van der Waals surface area contributed by atoms with Gasteiger partial charge in [-0.2, -0.15) is 0 Å². The van der Waals surface area contributed by atoms with Crippen molar-refractivity contribution in [3.63, 3.8) is 0 Å². The van der Waals surface area contributed by atoms with E-state index in [4.69, 9.17) is 21.1 Å². The first kappa shape index (κ1) is 14.7. The minimum absolute atomic E-state index is 0.392. The van der Waals surface area contributed by atoms with E-state index in [-0.39, 0.29) is 0 Å². The predicted octanol–water partition coefficient (Wildman–Crippen LogP) is 3.60. The largest absolute Gasteiger partial charge is 0.492 e. The fourth-order valence-corrected chi connectivity index (χ4v) is 2.69. The lowest BCUT2D eigenvalue weighted by atomic mass is 10.3. The maximum absolute atomic E-state index is 6.04. The van der Waals surface area contributed by atoms with Crippen LogP contribution in [0.2, 0.25) is 0 Å². The molecule has 0 amide bonds. The third-order valence-electron chi connectivity index (χ3n) is 3.75.